The van der Waals surface area contributed by atoms with Gasteiger partial charge in [0, 0.05) is 5.25 Å². The Bertz CT molecular complexity index is 142. The molecule has 0 heterocycles. The highest BCUT2D eigenvalue weighted by molar-refractivity contribution is 8.01. The molecule has 0 aliphatic rings. The van der Waals surface area contributed by atoms with Gasteiger partial charge in [0.25, 0.3) is 0 Å². The molecular formula is C9H17NS. The first-order valence-corrected chi connectivity index (χ1v) is 5.07. The summed E-state index contributed by atoms with van der Waals surface area (Å²) in [6.45, 7) is 8.45. The molecule has 0 aromatic heterocycles. The summed E-state index contributed by atoms with van der Waals surface area (Å²) in [5, 5.41) is 9.51. The van der Waals surface area contributed by atoms with E-state index < -0.39 is 0 Å². The Morgan fingerprint density at radius 2 is 1.82 bits per heavy atom. The van der Waals surface area contributed by atoms with Gasteiger partial charge in [0.05, 0.1) is 6.07 Å². The van der Waals surface area contributed by atoms with Crippen LogP contribution in [0.2, 0.25) is 0 Å². The Kier molecular flexibility index (Phi) is 4.60. The van der Waals surface area contributed by atoms with Crippen LogP contribution in [0.4, 0.5) is 0 Å². The van der Waals surface area contributed by atoms with Crippen molar-refractivity contribution in [3.63, 3.8) is 0 Å². The van der Waals surface area contributed by atoms with Crippen LogP contribution in [-0.2, 0) is 0 Å². The molecule has 0 atom stereocenters. The molecular weight excluding hydrogens is 154 g/mol. The fourth-order valence-electron chi connectivity index (χ4n) is 1.05. The van der Waals surface area contributed by atoms with Crippen molar-refractivity contribution in [3.05, 3.63) is 0 Å². The van der Waals surface area contributed by atoms with Crippen LogP contribution in [0.15, 0.2) is 0 Å². The van der Waals surface area contributed by atoms with E-state index in [0.717, 1.165) is 12.8 Å². The van der Waals surface area contributed by atoms with Crippen molar-refractivity contribution in [2.24, 2.45) is 0 Å². The van der Waals surface area contributed by atoms with Crippen molar-refractivity contribution in [1.82, 2.24) is 0 Å². The highest BCUT2D eigenvalue weighted by Crippen LogP contribution is 2.34. The van der Waals surface area contributed by atoms with E-state index in [2.05, 4.69) is 33.8 Å². The average molecular weight is 171 g/mol. The summed E-state index contributed by atoms with van der Waals surface area (Å²) in [5.41, 5.74) is 0. The lowest BCUT2D eigenvalue weighted by atomic mass is 10.1. The SMILES string of the molecule is CCC(C#N)(CC)SC(C)C. The average Bonchev–Trinajstić information content (AvgIpc) is 2.00. The summed E-state index contributed by atoms with van der Waals surface area (Å²) in [6, 6.07) is 2.41. The first kappa shape index (κ1) is 10.8. The molecule has 0 aliphatic carbocycles. The molecule has 1 nitrogen and oxygen atoms in total. The van der Waals surface area contributed by atoms with Crippen LogP contribution in [0.3, 0.4) is 0 Å². The van der Waals surface area contributed by atoms with Gasteiger partial charge in [-0.05, 0) is 12.8 Å². The lowest BCUT2D eigenvalue weighted by Crippen LogP contribution is -2.22. The molecule has 0 saturated carbocycles. The topological polar surface area (TPSA) is 23.8 Å². The molecule has 0 fully saturated rings. The number of thioether (sulfide) groups is 1. The number of nitriles is 1. The largest absolute Gasteiger partial charge is 0.197 e. The maximum atomic E-state index is 8.95. The third-order valence-electron chi connectivity index (χ3n) is 1.81. The summed E-state index contributed by atoms with van der Waals surface area (Å²) >= 11 is 1.79. The van der Waals surface area contributed by atoms with Crippen molar-refractivity contribution in [3.8, 4) is 6.07 Å². The highest BCUT2D eigenvalue weighted by atomic mass is 32.2. The quantitative estimate of drug-likeness (QED) is 0.648. The Labute approximate surface area is 74.2 Å². The predicted molar refractivity (Wildman–Crippen MR) is 51.7 cm³/mol. The van der Waals surface area contributed by atoms with Crippen LogP contribution < -0.4 is 0 Å². The summed E-state index contributed by atoms with van der Waals surface area (Å²) in [6.07, 6.45) is 1.89. The van der Waals surface area contributed by atoms with Crippen molar-refractivity contribution >= 4 is 11.8 Å². The highest BCUT2D eigenvalue weighted by Gasteiger charge is 2.27. The van der Waals surface area contributed by atoms with E-state index >= 15 is 0 Å². The maximum absolute atomic E-state index is 8.95. The molecule has 0 aliphatic heterocycles. The third kappa shape index (κ3) is 3.16. The van der Waals surface area contributed by atoms with Crippen LogP contribution in [0.1, 0.15) is 40.5 Å². The minimum absolute atomic E-state index is 0.131. The molecule has 0 bridgehead atoms. The number of hydrogen-bond donors (Lipinski definition) is 0. The molecule has 64 valence electrons. The minimum Gasteiger partial charge on any atom is -0.197 e. The first-order chi connectivity index (χ1) is 5.10. The molecule has 0 rings (SSSR count). The minimum atomic E-state index is -0.131. The molecule has 0 unspecified atom stereocenters. The number of nitrogens with zero attached hydrogens (tertiary/aromatic N) is 1. The van der Waals surface area contributed by atoms with Crippen molar-refractivity contribution < 1.29 is 0 Å². The molecule has 0 aromatic carbocycles. The van der Waals surface area contributed by atoms with Gasteiger partial charge in [-0.3, -0.25) is 0 Å². The summed E-state index contributed by atoms with van der Waals surface area (Å²) in [5.74, 6) is 0. The van der Waals surface area contributed by atoms with E-state index in [4.69, 9.17) is 5.26 Å². The summed E-state index contributed by atoms with van der Waals surface area (Å²) in [7, 11) is 0. The van der Waals surface area contributed by atoms with Gasteiger partial charge in [0.2, 0.25) is 0 Å². The molecule has 11 heavy (non-hydrogen) atoms. The van der Waals surface area contributed by atoms with Crippen molar-refractivity contribution in [2.45, 2.75) is 50.5 Å². The molecule has 0 amide bonds. The number of hydrogen-bond acceptors (Lipinski definition) is 2. The zero-order valence-electron chi connectivity index (χ0n) is 7.85. The van der Waals surface area contributed by atoms with Gasteiger partial charge >= 0.3 is 0 Å². The third-order valence-corrected chi connectivity index (χ3v) is 3.40. The second-order valence-corrected chi connectivity index (χ2v) is 4.94. The van der Waals surface area contributed by atoms with Crippen molar-refractivity contribution in [2.75, 3.05) is 0 Å². The van der Waals surface area contributed by atoms with Crippen LogP contribution in [0.25, 0.3) is 0 Å². The van der Waals surface area contributed by atoms with E-state index in [-0.39, 0.29) is 4.75 Å². The molecule has 0 aromatic rings. The maximum Gasteiger partial charge on any atom is 0.102 e. The van der Waals surface area contributed by atoms with E-state index in [1.54, 1.807) is 11.8 Å². The van der Waals surface area contributed by atoms with Gasteiger partial charge in [-0.15, -0.1) is 11.8 Å². The summed E-state index contributed by atoms with van der Waals surface area (Å²) < 4.78 is -0.131. The zero-order valence-corrected chi connectivity index (χ0v) is 8.66. The predicted octanol–water partition coefficient (Wildman–Crippen LogP) is 3.21. The molecule has 0 radical (unpaired) electrons. The van der Waals surface area contributed by atoms with Crippen LogP contribution in [0.5, 0.6) is 0 Å². The fraction of sp³-hybridized carbons (Fsp3) is 0.889. The van der Waals surface area contributed by atoms with Gasteiger partial charge in [-0.25, -0.2) is 0 Å². The van der Waals surface area contributed by atoms with Gasteiger partial charge < -0.3 is 0 Å². The Hall–Kier alpha value is -0.160. The zero-order chi connectivity index (χ0) is 8.91. The lowest BCUT2D eigenvalue weighted by Gasteiger charge is -2.24. The van der Waals surface area contributed by atoms with Crippen LogP contribution in [0, 0.1) is 11.3 Å². The second-order valence-electron chi connectivity index (χ2n) is 2.98. The van der Waals surface area contributed by atoms with Gasteiger partial charge in [-0.2, -0.15) is 5.26 Å². The Balaban J connectivity index is 4.20. The Morgan fingerprint density at radius 3 is 1.91 bits per heavy atom. The monoisotopic (exact) mass is 171 g/mol. The standard InChI is InChI=1S/C9H17NS/c1-5-9(6-2,7-10)11-8(3)4/h8H,5-6H2,1-4H3. The first-order valence-electron chi connectivity index (χ1n) is 4.19. The molecule has 0 saturated heterocycles. The van der Waals surface area contributed by atoms with Crippen molar-refractivity contribution in [1.29, 1.82) is 5.26 Å². The second kappa shape index (κ2) is 4.66. The molecule has 0 spiro atoms. The van der Waals surface area contributed by atoms with E-state index in [1.807, 2.05) is 0 Å². The molecule has 0 N–H and O–H groups in total. The van der Waals surface area contributed by atoms with E-state index in [0.29, 0.717) is 5.25 Å². The van der Waals surface area contributed by atoms with Gasteiger partial charge in [-0.1, -0.05) is 27.7 Å². The van der Waals surface area contributed by atoms with Gasteiger partial charge in [0.15, 0.2) is 0 Å². The number of rotatable bonds is 4. The van der Waals surface area contributed by atoms with Crippen LogP contribution in [-0.4, -0.2) is 10.00 Å². The van der Waals surface area contributed by atoms with Gasteiger partial charge in [0.1, 0.15) is 4.75 Å². The normalized spacial score (nSPS) is 11.6. The lowest BCUT2D eigenvalue weighted by molar-refractivity contribution is 0.669. The van der Waals surface area contributed by atoms with E-state index in [9.17, 15) is 0 Å². The smallest absolute Gasteiger partial charge is 0.102 e. The Morgan fingerprint density at radius 1 is 1.36 bits per heavy atom. The summed E-state index contributed by atoms with van der Waals surface area (Å²) in [4.78, 5) is 0. The molecule has 2 heteroatoms. The van der Waals surface area contributed by atoms with Crippen LogP contribution >= 0.6 is 11.8 Å². The van der Waals surface area contributed by atoms with E-state index in [1.165, 1.54) is 0 Å². The fourth-order valence-corrected chi connectivity index (χ4v) is 2.34.